The van der Waals surface area contributed by atoms with E-state index in [9.17, 15) is 0 Å². The van der Waals surface area contributed by atoms with Gasteiger partial charge in [-0.15, -0.1) is 22.9 Å². The smallest absolute Gasteiger partial charge is 0.0339 e. The average molecular weight is 282 g/mol. The van der Waals surface area contributed by atoms with Crippen molar-refractivity contribution in [2.75, 3.05) is 0 Å². The van der Waals surface area contributed by atoms with Crippen LogP contribution < -0.4 is 0 Å². The molecular formula is C10H14BrClS. The molecule has 0 aliphatic carbocycles. The predicted molar refractivity (Wildman–Crippen MR) is 64.8 cm³/mol. The van der Waals surface area contributed by atoms with E-state index >= 15 is 0 Å². The molecule has 0 spiro atoms. The van der Waals surface area contributed by atoms with E-state index < -0.39 is 0 Å². The first-order valence-electron chi connectivity index (χ1n) is 4.50. The van der Waals surface area contributed by atoms with Gasteiger partial charge < -0.3 is 0 Å². The van der Waals surface area contributed by atoms with Gasteiger partial charge in [-0.2, -0.15) is 0 Å². The van der Waals surface area contributed by atoms with Crippen molar-refractivity contribution in [3.8, 4) is 0 Å². The lowest BCUT2D eigenvalue weighted by Crippen LogP contribution is -2.12. The molecule has 0 radical (unpaired) electrons. The van der Waals surface area contributed by atoms with Crippen LogP contribution in [0.15, 0.2) is 15.9 Å². The Labute approximate surface area is 97.4 Å². The van der Waals surface area contributed by atoms with Crippen LogP contribution in [0.5, 0.6) is 0 Å². The van der Waals surface area contributed by atoms with Crippen LogP contribution >= 0.6 is 38.9 Å². The van der Waals surface area contributed by atoms with Gasteiger partial charge in [0.25, 0.3) is 0 Å². The van der Waals surface area contributed by atoms with Crippen molar-refractivity contribution >= 4 is 38.9 Å². The molecule has 13 heavy (non-hydrogen) atoms. The summed E-state index contributed by atoms with van der Waals surface area (Å²) in [7, 11) is 0. The van der Waals surface area contributed by atoms with Crippen LogP contribution in [-0.2, 0) is 6.42 Å². The second-order valence-electron chi connectivity index (χ2n) is 3.28. The highest BCUT2D eigenvalue weighted by molar-refractivity contribution is 9.10. The van der Waals surface area contributed by atoms with Crippen LogP contribution in [0.3, 0.4) is 0 Å². The quantitative estimate of drug-likeness (QED) is 0.701. The fraction of sp³-hybridized carbons (Fsp3) is 0.600. The summed E-state index contributed by atoms with van der Waals surface area (Å²) >= 11 is 11.4. The molecule has 2 atom stereocenters. The summed E-state index contributed by atoms with van der Waals surface area (Å²) in [4.78, 5) is 1.42. The normalized spacial score (nSPS) is 15.7. The van der Waals surface area contributed by atoms with E-state index in [1.165, 1.54) is 9.35 Å². The summed E-state index contributed by atoms with van der Waals surface area (Å²) < 4.78 is 1.18. The van der Waals surface area contributed by atoms with E-state index in [1.54, 1.807) is 11.3 Å². The lowest BCUT2D eigenvalue weighted by Gasteiger charge is -2.15. The average Bonchev–Trinajstić information content (AvgIpc) is 2.46. The van der Waals surface area contributed by atoms with E-state index in [1.807, 2.05) is 0 Å². The fourth-order valence-corrected chi connectivity index (χ4v) is 3.16. The van der Waals surface area contributed by atoms with Gasteiger partial charge in [-0.25, -0.2) is 0 Å². The van der Waals surface area contributed by atoms with Crippen molar-refractivity contribution < 1.29 is 0 Å². The van der Waals surface area contributed by atoms with Crippen molar-refractivity contribution in [1.82, 2.24) is 0 Å². The third kappa shape index (κ3) is 3.61. The van der Waals surface area contributed by atoms with E-state index in [4.69, 9.17) is 11.6 Å². The molecule has 0 aromatic carbocycles. The first kappa shape index (κ1) is 11.5. The molecule has 1 aromatic heterocycles. The van der Waals surface area contributed by atoms with E-state index in [2.05, 4.69) is 41.2 Å². The Kier molecular flexibility index (Phi) is 4.77. The maximum Gasteiger partial charge on any atom is 0.0339 e. The molecule has 2 unspecified atom stereocenters. The summed E-state index contributed by atoms with van der Waals surface area (Å²) in [5.74, 6) is 0.604. The van der Waals surface area contributed by atoms with Crippen molar-refractivity contribution in [1.29, 1.82) is 0 Å². The highest BCUT2D eigenvalue weighted by Crippen LogP contribution is 2.26. The molecule has 1 rings (SSSR count). The lowest BCUT2D eigenvalue weighted by molar-refractivity contribution is 0.501. The molecule has 0 N–H and O–H groups in total. The molecule has 0 fully saturated rings. The zero-order chi connectivity index (χ0) is 9.84. The van der Waals surface area contributed by atoms with Crippen molar-refractivity contribution in [3.05, 3.63) is 20.8 Å². The molecule has 0 nitrogen and oxygen atoms in total. The van der Waals surface area contributed by atoms with Gasteiger partial charge >= 0.3 is 0 Å². The molecule has 3 heteroatoms. The number of hydrogen-bond acceptors (Lipinski definition) is 1. The first-order chi connectivity index (χ1) is 6.13. The molecule has 0 aliphatic rings. The molecule has 0 saturated heterocycles. The number of hydrogen-bond donors (Lipinski definition) is 0. The topological polar surface area (TPSA) is 0 Å². The van der Waals surface area contributed by atoms with Gasteiger partial charge in [0.05, 0.1) is 0 Å². The van der Waals surface area contributed by atoms with Crippen molar-refractivity contribution in [2.45, 2.75) is 32.1 Å². The van der Waals surface area contributed by atoms with Crippen LogP contribution in [0.2, 0.25) is 0 Å². The Morgan fingerprint density at radius 1 is 1.62 bits per heavy atom. The summed E-state index contributed by atoms with van der Waals surface area (Å²) in [6.07, 6.45) is 2.26. The van der Waals surface area contributed by atoms with Crippen molar-refractivity contribution in [3.63, 3.8) is 0 Å². The highest BCUT2D eigenvalue weighted by Gasteiger charge is 2.14. The number of alkyl halides is 1. The Balaban J connectivity index is 2.56. The summed E-state index contributed by atoms with van der Waals surface area (Å²) in [5.41, 5.74) is 0. The summed E-state index contributed by atoms with van der Waals surface area (Å²) in [6.45, 7) is 4.28. The molecule has 0 bridgehead atoms. The second kappa shape index (κ2) is 5.38. The maximum absolute atomic E-state index is 6.09. The monoisotopic (exact) mass is 280 g/mol. The minimum atomic E-state index is 0.269. The van der Waals surface area contributed by atoms with Crippen LogP contribution in [0, 0.1) is 5.92 Å². The third-order valence-electron chi connectivity index (χ3n) is 2.26. The highest BCUT2D eigenvalue weighted by atomic mass is 79.9. The Bertz CT molecular complexity index is 257. The molecule has 0 saturated carbocycles. The van der Waals surface area contributed by atoms with Gasteiger partial charge in [0.2, 0.25) is 0 Å². The van der Waals surface area contributed by atoms with E-state index in [-0.39, 0.29) is 5.38 Å². The Morgan fingerprint density at radius 2 is 2.31 bits per heavy atom. The Morgan fingerprint density at radius 3 is 2.69 bits per heavy atom. The molecule has 74 valence electrons. The van der Waals surface area contributed by atoms with Crippen molar-refractivity contribution in [2.24, 2.45) is 5.92 Å². The summed E-state index contributed by atoms with van der Waals surface area (Å²) in [5, 5.41) is 2.40. The third-order valence-corrected chi connectivity index (χ3v) is 4.34. The first-order valence-corrected chi connectivity index (χ1v) is 6.61. The van der Waals surface area contributed by atoms with Gasteiger partial charge in [-0.3, -0.25) is 0 Å². The van der Waals surface area contributed by atoms with Gasteiger partial charge in [-0.05, 0) is 41.3 Å². The minimum absolute atomic E-state index is 0.269. The largest absolute Gasteiger partial charge is 0.148 e. The van der Waals surface area contributed by atoms with Gasteiger partial charge in [-0.1, -0.05) is 13.3 Å². The number of thiophene rings is 1. The van der Waals surface area contributed by atoms with Crippen LogP contribution in [0.25, 0.3) is 0 Å². The zero-order valence-corrected chi connectivity index (χ0v) is 11.0. The maximum atomic E-state index is 6.09. The molecule has 0 amide bonds. The van der Waals surface area contributed by atoms with Gasteiger partial charge in [0, 0.05) is 20.1 Å². The molecule has 1 aromatic rings. The molecule has 0 aliphatic heterocycles. The van der Waals surface area contributed by atoms with Gasteiger partial charge in [0.15, 0.2) is 0 Å². The minimum Gasteiger partial charge on any atom is -0.148 e. The number of halogens is 2. The van der Waals surface area contributed by atoms with Crippen LogP contribution in [0.1, 0.15) is 25.1 Å². The fourth-order valence-electron chi connectivity index (χ4n) is 1.35. The van der Waals surface area contributed by atoms with Crippen LogP contribution in [-0.4, -0.2) is 5.38 Å². The van der Waals surface area contributed by atoms with Gasteiger partial charge in [0.1, 0.15) is 0 Å². The summed E-state index contributed by atoms with van der Waals surface area (Å²) in [6, 6.07) is 2.19. The molecule has 1 heterocycles. The van der Waals surface area contributed by atoms with E-state index in [0.717, 1.165) is 12.8 Å². The second-order valence-corrected chi connectivity index (χ2v) is 5.88. The SMILES string of the molecule is CCC(Cc1cc(Br)cs1)C(C)Cl. The predicted octanol–water partition coefficient (Wildman–Crippen LogP) is 4.71. The zero-order valence-electron chi connectivity index (χ0n) is 7.89. The van der Waals surface area contributed by atoms with E-state index in [0.29, 0.717) is 5.92 Å². The molecular weight excluding hydrogens is 268 g/mol. The standard InChI is InChI=1S/C10H14BrClS/c1-3-8(7(2)12)4-10-5-9(11)6-13-10/h5-8H,3-4H2,1-2H3. The lowest BCUT2D eigenvalue weighted by atomic mass is 9.98. The number of rotatable bonds is 4. The van der Waals surface area contributed by atoms with Crippen LogP contribution in [0.4, 0.5) is 0 Å². The Hall–Kier alpha value is 0.470.